The third-order valence-electron chi connectivity index (χ3n) is 3.16. The topological polar surface area (TPSA) is 87.8 Å². The number of ether oxygens (including phenoxy) is 1. The smallest absolute Gasteiger partial charge is 0.335 e. The predicted molar refractivity (Wildman–Crippen MR) is 73.5 cm³/mol. The molecule has 0 spiro atoms. The fourth-order valence-electron chi connectivity index (χ4n) is 2.06. The Labute approximate surface area is 112 Å². The number of nitrogen functional groups attached to an aromatic ring is 1. The van der Waals surface area contributed by atoms with Crippen molar-refractivity contribution >= 4 is 17.3 Å². The first-order chi connectivity index (χ1) is 9.06. The van der Waals surface area contributed by atoms with Crippen molar-refractivity contribution in [1.29, 1.82) is 0 Å². The number of hydrogen-bond acceptors (Lipinski definition) is 5. The van der Waals surface area contributed by atoms with E-state index in [2.05, 4.69) is 17.3 Å². The van der Waals surface area contributed by atoms with Gasteiger partial charge in [-0.05, 0) is 25.2 Å². The normalized spacial score (nSPS) is 20.2. The summed E-state index contributed by atoms with van der Waals surface area (Å²) in [5.74, 6) is -0.961. The van der Waals surface area contributed by atoms with Gasteiger partial charge in [-0.15, -0.1) is 0 Å². The number of nitrogens with zero attached hydrogens (tertiary/aromatic N) is 1. The molecule has 1 aromatic carbocycles. The van der Waals surface area contributed by atoms with Gasteiger partial charge in [-0.1, -0.05) is 0 Å². The average Bonchev–Trinajstić information content (AvgIpc) is 2.37. The number of nitrogens with one attached hydrogen (secondary N) is 1. The van der Waals surface area contributed by atoms with Crippen LogP contribution in [0, 0.1) is 0 Å². The summed E-state index contributed by atoms with van der Waals surface area (Å²) in [7, 11) is 2.05. The van der Waals surface area contributed by atoms with Crippen molar-refractivity contribution in [1.82, 2.24) is 4.90 Å². The maximum absolute atomic E-state index is 10.9. The fraction of sp³-hybridized carbons (Fsp3) is 0.462. The molecule has 6 nitrogen and oxygen atoms in total. The molecule has 1 atom stereocenters. The van der Waals surface area contributed by atoms with Gasteiger partial charge in [0.05, 0.1) is 29.6 Å². The first kappa shape index (κ1) is 13.6. The van der Waals surface area contributed by atoms with E-state index in [4.69, 9.17) is 15.6 Å². The standard InChI is InChI=1S/C13H19N3O3/c1-16-4-5-19-10(8-16)7-15-12-6-9(13(17)18)2-3-11(12)14/h2-3,6,10,15H,4-5,7-8,14H2,1H3,(H,17,18). The highest BCUT2D eigenvalue weighted by Gasteiger charge is 2.17. The van der Waals surface area contributed by atoms with Crippen LogP contribution in [-0.2, 0) is 4.74 Å². The molecular formula is C13H19N3O3. The first-order valence-corrected chi connectivity index (χ1v) is 6.23. The fourth-order valence-corrected chi connectivity index (χ4v) is 2.06. The van der Waals surface area contributed by atoms with E-state index in [9.17, 15) is 4.79 Å². The van der Waals surface area contributed by atoms with E-state index < -0.39 is 5.97 Å². The van der Waals surface area contributed by atoms with Crippen LogP contribution in [0.2, 0.25) is 0 Å². The monoisotopic (exact) mass is 265 g/mol. The number of benzene rings is 1. The number of likely N-dealkylation sites (N-methyl/N-ethyl adjacent to an activating group) is 1. The molecule has 0 saturated carbocycles. The molecule has 6 heteroatoms. The minimum atomic E-state index is -0.961. The number of rotatable bonds is 4. The van der Waals surface area contributed by atoms with Crippen molar-refractivity contribution in [3.8, 4) is 0 Å². The maximum Gasteiger partial charge on any atom is 0.335 e. The Morgan fingerprint density at radius 2 is 2.42 bits per heavy atom. The maximum atomic E-state index is 10.9. The Morgan fingerprint density at radius 1 is 1.63 bits per heavy atom. The van der Waals surface area contributed by atoms with E-state index in [0.717, 1.165) is 13.1 Å². The Balaban J connectivity index is 1.98. The van der Waals surface area contributed by atoms with Gasteiger partial charge in [0.1, 0.15) is 0 Å². The third kappa shape index (κ3) is 3.59. The van der Waals surface area contributed by atoms with Gasteiger partial charge in [0.25, 0.3) is 0 Å². The zero-order valence-corrected chi connectivity index (χ0v) is 10.9. The molecule has 2 rings (SSSR count). The van der Waals surface area contributed by atoms with Crippen molar-refractivity contribution < 1.29 is 14.6 Å². The van der Waals surface area contributed by atoms with E-state index >= 15 is 0 Å². The number of carboxylic acid groups (broad SMARTS) is 1. The molecule has 0 radical (unpaired) electrons. The number of morpholine rings is 1. The molecule has 4 N–H and O–H groups in total. The Kier molecular flexibility index (Phi) is 4.24. The van der Waals surface area contributed by atoms with Crippen LogP contribution in [0.25, 0.3) is 0 Å². The summed E-state index contributed by atoms with van der Waals surface area (Å²) in [6.45, 7) is 3.11. The highest BCUT2D eigenvalue weighted by atomic mass is 16.5. The van der Waals surface area contributed by atoms with Crippen molar-refractivity contribution in [3.63, 3.8) is 0 Å². The summed E-state index contributed by atoms with van der Waals surface area (Å²) in [6.07, 6.45) is 0.0895. The number of hydrogen-bond donors (Lipinski definition) is 3. The molecule has 104 valence electrons. The summed E-state index contributed by atoms with van der Waals surface area (Å²) >= 11 is 0. The molecule has 0 amide bonds. The van der Waals surface area contributed by atoms with Crippen molar-refractivity contribution in [3.05, 3.63) is 23.8 Å². The van der Waals surface area contributed by atoms with Crippen LogP contribution in [0.1, 0.15) is 10.4 Å². The quantitative estimate of drug-likeness (QED) is 0.695. The second-order valence-electron chi connectivity index (χ2n) is 4.74. The van der Waals surface area contributed by atoms with E-state index in [1.54, 1.807) is 12.1 Å². The van der Waals surface area contributed by atoms with E-state index in [-0.39, 0.29) is 11.7 Å². The molecular weight excluding hydrogens is 246 g/mol. The summed E-state index contributed by atoms with van der Waals surface area (Å²) < 4.78 is 5.63. The molecule has 1 heterocycles. The van der Waals surface area contributed by atoms with E-state index in [1.165, 1.54) is 6.07 Å². The summed E-state index contributed by atoms with van der Waals surface area (Å²) in [4.78, 5) is 13.1. The van der Waals surface area contributed by atoms with Gasteiger partial charge in [0.2, 0.25) is 0 Å². The summed E-state index contributed by atoms with van der Waals surface area (Å²) in [5.41, 5.74) is 7.22. The van der Waals surface area contributed by atoms with Crippen LogP contribution in [0.3, 0.4) is 0 Å². The van der Waals surface area contributed by atoms with Gasteiger partial charge in [-0.25, -0.2) is 4.79 Å². The second-order valence-corrected chi connectivity index (χ2v) is 4.74. The van der Waals surface area contributed by atoms with Crippen LogP contribution in [0.15, 0.2) is 18.2 Å². The lowest BCUT2D eigenvalue weighted by atomic mass is 10.1. The van der Waals surface area contributed by atoms with Crippen LogP contribution >= 0.6 is 0 Å². The van der Waals surface area contributed by atoms with Crippen LogP contribution in [0.5, 0.6) is 0 Å². The van der Waals surface area contributed by atoms with Gasteiger partial charge >= 0.3 is 5.97 Å². The van der Waals surface area contributed by atoms with Gasteiger partial charge in [-0.3, -0.25) is 0 Å². The molecule has 1 unspecified atom stereocenters. The zero-order valence-electron chi connectivity index (χ0n) is 10.9. The number of anilines is 2. The Morgan fingerprint density at radius 3 is 3.11 bits per heavy atom. The Bertz CT molecular complexity index is 464. The molecule has 1 aliphatic rings. The van der Waals surface area contributed by atoms with Crippen LogP contribution < -0.4 is 11.1 Å². The van der Waals surface area contributed by atoms with E-state index in [1.807, 2.05) is 0 Å². The van der Waals surface area contributed by atoms with Crippen molar-refractivity contribution in [2.45, 2.75) is 6.10 Å². The molecule has 19 heavy (non-hydrogen) atoms. The van der Waals surface area contributed by atoms with Crippen LogP contribution in [-0.4, -0.2) is 55.4 Å². The van der Waals surface area contributed by atoms with Gasteiger partial charge in [0, 0.05) is 19.6 Å². The number of carboxylic acids is 1. The molecule has 1 fully saturated rings. The lowest BCUT2D eigenvalue weighted by Gasteiger charge is -2.30. The number of aromatic carboxylic acids is 1. The highest BCUT2D eigenvalue weighted by molar-refractivity contribution is 5.90. The Hall–Kier alpha value is -1.79. The largest absolute Gasteiger partial charge is 0.478 e. The van der Waals surface area contributed by atoms with Crippen molar-refractivity contribution in [2.24, 2.45) is 0 Å². The minimum Gasteiger partial charge on any atom is -0.478 e. The molecule has 0 bridgehead atoms. The number of carbonyl (C=O) groups is 1. The highest BCUT2D eigenvalue weighted by Crippen LogP contribution is 2.20. The van der Waals surface area contributed by atoms with Gasteiger partial charge < -0.3 is 25.8 Å². The lowest BCUT2D eigenvalue weighted by Crippen LogP contribution is -2.43. The SMILES string of the molecule is CN1CCOC(CNc2cc(C(=O)O)ccc2N)C1. The van der Waals surface area contributed by atoms with Gasteiger partial charge in [-0.2, -0.15) is 0 Å². The minimum absolute atomic E-state index is 0.0895. The number of nitrogens with two attached hydrogens (primary N) is 1. The summed E-state index contributed by atoms with van der Waals surface area (Å²) in [6, 6.07) is 4.64. The van der Waals surface area contributed by atoms with Crippen molar-refractivity contribution in [2.75, 3.05) is 44.3 Å². The molecule has 1 aliphatic heterocycles. The summed E-state index contributed by atoms with van der Waals surface area (Å²) in [5, 5.41) is 12.1. The predicted octanol–water partition coefficient (Wildman–Crippen LogP) is 0.709. The second kappa shape index (κ2) is 5.90. The van der Waals surface area contributed by atoms with Crippen LogP contribution in [0.4, 0.5) is 11.4 Å². The molecule has 0 aliphatic carbocycles. The third-order valence-corrected chi connectivity index (χ3v) is 3.16. The zero-order chi connectivity index (χ0) is 13.8. The van der Waals surface area contributed by atoms with E-state index in [0.29, 0.717) is 24.5 Å². The first-order valence-electron chi connectivity index (χ1n) is 6.23. The molecule has 0 aromatic heterocycles. The average molecular weight is 265 g/mol. The lowest BCUT2D eigenvalue weighted by molar-refractivity contribution is -0.0117. The molecule has 1 saturated heterocycles. The van der Waals surface area contributed by atoms with Gasteiger partial charge in [0.15, 0.2) is 0 Å². The molecule has 1 aromatic rings.